The number of ether oxygens (including phenoxy) is 1. The van der Waals surface area contributed by atoms with Gasteiger partial charge in [0, 0.05) is 18.3 Å². The van der Waals surface area contributed by atoms with Gasteiger partial charge in [-0.15, -0.1) is 11.3 Å². The van der Waals surface area contributed by atoms with Gasteiger partial charge >= 0.3 is 0 Å². The number of anilines is 1. The second-order valence-electron chi connectivity index (χ2n) is 7.68. The van der Waals surface area contributed by atoms with Crippen molar-refractivity contribution in [2.24, 2.45) is 0 Å². The number of imidazole rings is 1. The first kappa shape index (κ1) is 20.9. The largest absolute Gasteiger partial charge is 0.497 e. The molecule has 0 saturated heterocycles. The lowest BCUT2D eigenvalue weighted by Crippen LogP contribution is -2.03. The second kappa shape index (κ2) is 9.23. The minimum Gasteiger partial charge on any atom is -0.497 e. The maximum atomic E-state index is 5.37. The van der Waals surface area contributed by atoms with E-state index in [2.05, 4.69) is 65.0 Å². The van der Waals surface area contributed by atoms with E-state index < -0.39 is 0 Å². The average molecular weight is 450 g/mol. The number of benzene rings is 2. The van der Waals surface area contributed by atoms with Crippen LogP contribution in [0.5, 0.6) is 5.75 Å². The monoisotopic (exact) mass is 449 g/mol. The standard InChI is InChI=1S/C28H23N3OS/c1-20-8-7-17-31-27(20)30-26(28(31)29-19-22-11-6-12-23(18-22)32-2)25-16-15-24(33-25)14-13-21-9-4-3-5-10-21/h3-12,15-18,29H,19H2,1-2H3. The van der Waals surface area contributed by atoms with Crippen molar-refractivity contribution >= 4 is 22.8 Å². The minimum atomic E-state index is 0.665. The van der Waals surface area contributed by atoms with Crippen molar-refractivity contribution in [2.45, 2.75) is 13.5 Å². The van der Waals surface area contributed by atoms with E-state index in [1.165, 1.54) is 0 Å². The molecule has 0 atom stereocenters. The fraction of sp³-hybridized carbons (Fsp3) is 0.107. The number of hydrogen-bond donors (Lipinski definition) is 1. The first-order valence-electron chi connectivity index (χ1n) is 10.7. The molecule has 162 valence electrons. The number of aryl methyl sites for hydroxylation is 1. The van der Waals surface area contributed by atoms with Gasteiger partial charge in [0.25, 0.3) is 0 Å². The van der Waals surface area contributed by atoms with Gasteiger partial charge in [-0.1, -0.05) is 48.2 Å². The summed E-state index contributed by atoms with van der Waals surface area (Å²) >= 11 is 1.66. The predicted molar refractivity (Wildman–Crippen MR) is 136 cm³/mol. The molecule has 0 saturated carbocycles. The molecule has 0 aliphatic heterocycles. The summed E-state index contributed by atoms with van der Waals surface area (Å²) in [6.45, 7) is 2.75. The molecule has 0 amide bonds. The van der Waals surface area contributed by atoms with Crippen LogP contribution < -0.4 is 10.1 Å². The molecule has 0 aliphatic rings. The zero-order chi connectivity index (χ0) is 22.6. The van der Waals surface area contributed by atoms with Gasteiger partial charge in [0.2, 0.25) is 0 Å². The maximum absolute atomic E-state index is 5.37. The summed E-state index contributed by atoms with van der Waals surface area (Å²) in [4.78, 5) is 7.10. The number of rotatable bonds is 5. The van der Waals surface area contributed by atoms with Crippen LogP contribution in [-0.4, -0.2) is 16.5 Å². The van der Waals surface area contributed by atoms with Crippen LogP contribution in [-0.2, 0) is 6.54 Å². The van der Waals surface area contributed by atoms with Crippen LogP contribution in [0.2, 0.25) is 0 Å². The van der Waals surface area contributed by atoms with Crippen LogP contribution in [0.3, 0.4) is 0 Å². The molecular weight excluding hydrogens is 426 g/mol. The van der Waals surface area contributed by atoms with Crippen molar-refractivity contribution < 1.29 is 4.74 Å². The summed E-state index contributed by atoms with van der Waals surface area (Å²) in [5.74, 6) is 8.35. The second-order valence-corrected chi connectivity index (χ2v) is 8.76. The van der Waals surface area contributed by atoms with Gasteiger partial charge in [0.15, 0.2) is 0 Å². The minimum absolute atomic E-state index is 0.665. The molecule has 0 radical (unpaired) electrons. The third kappa shape index (κ3) is 4.48. The highest BCUT2D eigenvalue weighted by atomic mass is 32.1. The van der Waals surface area contributed by atoms with E-state index in [9.17, 15) is 0 Å². The molecule has 1 N–H and O–H groups in total. The maximum Gasteiger partial charge on any atom is 0.142 e. The van der Waals surface area contributed by atoms with Crippen LogP contribution in [0, 0.1) is 18.8 Å². The van der Waals surface area contributed by atoms with Gasteiger partial charge in [0.1, 0.15) is 22.9 Å². The van der Waals surface area contributed by atoms with E-state index >= 15 is 0 Å². The molecule has 33 heavy (non-hydrogen) atoms. The number of nitrogens with zero attached hydrogens (tertiary/aromatic N) is 2. The topological polar surface area (TPSA) is 38.6 Å². The highest BCUT2D eigenvalue weighted by molar-refractivity contribution is 7.16. The third-order valence-electron chi connectivity index (χ3n) is 5.38. The van der Waals surface area contributed by atoms with Crippen LogP contribution >= 0.6 is 11.3 Å². The molecule has 5 heteroatoms. The Morgan fingerprint density at radius 3 is 2.70 bits per heavy atom. The molecule has 0 fully saturated rings. The van der Waals surface area contributed by atoms with Crippen molar-refractivity contribution in [1.29, 1.82) is 0 Å². The van der Waals surface area contributed by atoms with Crippen LogP contribution in [0.1, 0.15) is 21.6 Å². The highest BCUT2D eigenvalue weighted by Crippen LogP contribution is 2.34. The summed E-state index contributed by atoms with van der Waals surface area (Å²) in [6.07, 6.45) is 2.05. The third-order valence-corrected chi connectivity index (χ3v) is 6.39. The molecule has 5 rings (SSSR count). The molecule has 5 aromatic rings. The first-order chi connectivity index (χ1) is 16.2. The van der Waals surface area contributed by atoms with Crippen molar-refractivity contribution in [2.75, 3.05) is 12.4 Å². The number of thiophene rings is 1. The van der Waals surface area contributed by atoms with E-state index in [-0.39, 0.29) is 0 Å². The van der Waals surface area contributed by atoms with Crippen LogP contribution in [0.4, 0.5) is 5.82 Å². The first-order valence-corrected chi connectivity index (χ1v) is 11.5. The Labute approximate surface area is 197 Å². The molecule has 4 nitrogen and oxygen atoms in total. The number of nitrogens with one attached hydrogen (secondary N) is 1. The summed E-state index contributed by atoms with van der Waals surface area (Å²) in [7, 11) is 1.69. The predicted octanol–water partition coefficient (Wildman–Crippen LogP) is 6.39. The van der Waals surface area contributed by atoms with Crippen molar-refractivity contribution in [3.05, 3.63) is 107 Å². The number of hydrogen-bond acceptors (Lipinski definition) is 4. The zero-order valence-electron chi connectivity index (χ0n) is 18.5. The molecule has 0 spiro atoms. The Balaban J connectivity index is 1.50. The Morgan fingerprint density at radius 1 is 0.970 bits per heavy atom. The van der Waals surface area contributed by atoms with Crippen LogP contribution in [0.25, 0.3) is 16.2 Å². The lowest BCUT2D eigenvalue weighted by molar-refractivity contribution is 0.414. The summed E-state index contributed by atoms with van der Waals surface area (Å²) in [5, 5.41) is 3.61. The Kier molecular flexibility index (Phi) is 5.84. The summed E-state index contributed by atoms with van der Waals surface area (Å²) in [6, 6.07) is 26.5. The van der Waals surface area contributed by atoms with Gasteiger partial charge < -0.3 is 10.1 Å². The summed E-state index contributed by atoms with van der Waals surface area (Å²) < 4.78 is 7.50. The lowest BCUT2D eigenvalue weighted by atomic mass is 10.2. The van der Waals surface area contributed by atoms with Crippen molar-refractivity contribution in [3.8, 4) is 28.2 Å². The number of pyridine rings is 1. The van der Waals surface area contributed by atoms with Crippen LogP contribution in [0.15, 0.2) is 85.1 Å². The normalized spacial score (nSPS) is 10.6. The van der Waals surface area contributed by atoms with Crippen molar-refractivity contribution in [1.82, 2.24) is 9.38 Å². The molecule has 0 unspecified atom stereocenters. The molecule has 3 aromatic heterocycles. The Morgan fingerprint density at radius 2 is 1.85 bits per heavy atom. The van der Waals surface area contributed by atoms with E-state index in [1.54, 1.807) is 18.4 Å². The van der Waals surface area contributed by atoms with Gasteiger partial charge in [-0.3, -0.25) is 4.40 Å². The van der Waals surface area contributed by atoms with Gasteiger partial charge in [-0.2, -0.15) is 0 Å². The van der Waals surface area contributed by atoms with Gasteiger partial charge in [-0.05, 0) is 60.5 Å². The zero-order valence-corrected chi connectivity index (χ0v) is 19.3. The Hall–Kier alpha value is -4.01. The molecule has 2 aromatic carbocycles. The molecular formula is C28H23N3OS. The van der Waals surface area contributed by atoms with E-state index in [0.717, 1.165) is 49.4 Å². The summed E-state index contributed by atoms with van der Waals surface area (Å²) in [5.41, 5.74) is 5.17. The average Bonchev–Trinajstić information content (AvgIpc) is 3.47. The Bertz CT molecular complexity index is 1470. The fourth-order valence-electron chi connectivity index (χ4n) is 3.70. The molecule has 3 heterocycles. The number of fused-ring (bicyclic) bond motifs is 1. The van der Waals surface area contributed by atoms with Crippen molar-refractivity contribution in [3.63, 3.8) is 0 Å². The number of methoxy groups -OCH3 is 1. The molecule has 0 aliphatic carbocycles. The van der Waals surface area contributed by atoms with Gasteiger partial charge in [0.05, 0.1) is 16.9 Å². The number of aromatic nitrogens is 2. The lowest BCUT2D eigenvalue weighted by Gasteiger charge is -2.09. The van der Waals surface area contributed by atoms with Gasteiger partial charge in [-0.25, -0.2) is 4.98 Å². The van der Waals surface area contributed by atoms with E-state index in [0.29, 0.717) is 6.54 Å². The highest BCUT2D eigenvalue weighted by Gasteiger charge is 2.17. The fourth-order valence-corrected chi connectivity index (χ4v) is 4.55. The van der Waals surface area contributed by atoms with E-state index in [4.69, 9.17) is 9.72 Å². The van der Waals surface area contributed by atoms with E-state index in [1.807, 2.05) is 48.5 Å². The SMILES string of the molecule is COc1cccc(CNc2c(-c3ccc(C#Cc4ccccc4)s3)nc3c(C)cccn23)c1. The smallest absolute Gasteiger partial charge is 0.142 e. The quantitative estimate of drug-likeness (QED) is 0.316. The molecule has 0 bridgehead atoms.